The van der Waals surface area contributed by atoms with E-state index in [4.69, 9.17) is 13.6 Å². The standard InChI is InChI=1S/C31H44F3O3P/c1-27(2,3)21-14-19-13-20-15-22(28(4,5)6)17-24(30(10,11)12)26(20)37-38(35-18-31(32,33)34)36-25(19)23(16-21)29(7,8)9/h14-17H,13,18H2,1-12H3. The smallest absolute Gasteiger partial charge is 0.417 e. The molecule has 0 amide bonds. The first-order valence-electron chi connectivity index (χ1n) is 13.2. The van der Waals surface area contributed by atoms with Crippen LogP contribution in [-0.4, -0.2) is 12.8 Å². The van der Waals surface area contributed by atoms with Crippen molar-refractivity contribution in [2.45, 2.75) is 117 Å². The molecule has 212 valence electrons. The van der Waals surface area contributed by atoms with Crippen molar-refractivity contribution in [3.8, 4) is 11.5 Å². The minimum Gasteiger partial charge on any atom is -0.417 e. The van der Waals surface area contributed by atoms with Crippen molar-refractivity contribution in [3.05, 3.63) is 57.6 Å². The predicted octanol–water partition coefficient (Wildman–Crippen LogP) is 10.0. The van der Waals surface area contributed by atoms with Crippen molar-refractivity contribution in [1.29, 1.82) is 0 Å². The highest BCUT2D eigenvalue weighted by Crippen LogP contribution is 2.53. The van der Waals surface area contributed by atoms with Gasteiger partial charge in [0.05, 0.1) is 0 Å². The molecule has 0 N–H and O–H groups in total. The zero-order valence-electron chi connectivity index (χ0n) is 25.0. The monoisotopic (exact) mass is 552 g/mol. The van der Waals surface area contributed by atoms with Crippen molar-refractivity contribution in [1.82, 2.24) is 0 Å². The third-order valence-corrected chi connectivity index (χ3v) is 7.73. The molecule has 2 aromatic carbocycles. The van der Waals surface area contributed by atoms with Crippen molar-refractivity contribution in [2.75, 3.05) is 6.61 Å². The third kappa shape index (κ3) is 7.24. The zero-order chi connectivity index (χ0) is 29.1. The van der Waals surface area contributed by atoms with E-state index in [0.29, 0.717) is 17.9 Å². The zero-order valence-corrected chi connectivity index (χ0v) is 25.9. The highest BCUT2D eigenvalue weighted by Gasteiger charge is 2.37. The average Bonchev–Trinajstić information content (AvgIpc) is 2.68. The molecule has 1 heterocycles. The fraction of sp³-hybridized carbons (Fsp3) is 0.613. The Morgan fingerprint density at radius 1 is 0.632 bits per heavy atom. The maximum absolute atomic E-state index is 13.3. The van der Waals surface area contributed by atoms with Crippen LogP contribution in [0.1, 0.15) is 116 Å². The molecular weight excluding hydrogens is 508 g/mol. The molecule has 0 atom stereocenters. The highest BCUT2D eigenvalue weighted by molar-refractivity contribution is 7.42. The Bertz CT molecular complexity index is 1090. The van der Waals surface area contributed by atoms with Gasteiger partial charge in [0.25, 0.3) is 0 Å². The molecule has 38 heavy (non-hydrogen) atoms. The van der Waals surface area contributed by atoms with E-state index in [-0.39, 0.29) is 21.7 Å². The van der Waals surface area contributed by atoms with Crippen molar-refractivity contribution >= 4 is 8.60 Å². The van der Waals surface area contributed by atoms with E-state index in [1.54, 1.807) is 0 Å². The molecule has 0 radical (unpaired) electrons. The summed E-state index contributed by atoms with van der Waals surface area (Å²) in [5, 5.41) is 0. The largest absolute Gasteiger partial charge is 0.463 e. The first kappa shape index (κ1) is 30.8. The molecule has 0 saturated heterocycles. The molecule has 0 aliphatic carbocycles. The highest BCUT2D eigenvalue weighted by atomic mass is 31.2. The Balaban J connectivity index is 2.38. The Morgan fingerprint density at radius 2 is 1.00 bits per heavy atom. The number of fused-ring (bicyclic) bond motifs is 2. The van der Waals surface area contributed by atoms with Gasteiger partial charge in [-0.25, -0.2) is 0 Å². The first-order chi connectivity index (χ1) is 17.0. The summed E-state index contributed by atoms with van der Waals surface area (Å²) in [6.45, 7) is 24.0. The summed E-state index contributed by atoms with van der Waals surface area (Å²) in [7, 11) is -2.38. The number of benzene rings is 2. The molecule has 0 saturated carbocycles. The molecular formula is C31H44F3O3P. The van der Waals surface area contributed by atoms with Gasteiger partial charge in [-0.1, -0.05) is 107 Å². The molecule has 0 bridgehead atoms. The lowest BCUT2D eigenvalue weighted by atomic mass is 9.76. The van der Waals surface area contributed by atoms with Crippen LogP contribution in [0.5, 0.6) is 11.5 Å². The molecule has 0 unspecified atom stereocenters. The fourth-order valence-electron chi connectivity index (χ4n) is 4.39. The Kier molecular flexibility index (Phi) is 8.09. The van der Waals surface area contributed by atoms with Crippen molar-refractivity contribution in [3.63, 3.8) is 0 Å². The molecule has 7 heteroatoms. The first-order valence-corrected chi connectivity index (χ1v) is 14.3. The molecule has 2 aromatic rings. The molecule has 3 nitrogen and oxygen atoms in total. The van der Waals surface area contributed by atoms with Gasteiger partial charge in [0, 0.05) is 17.5 Å². The minimum absolute atomic E-state index is 0.127. The van der Waals surface area contributed by atoms with Crippen LogP contribution in [0, 0.1) is 0 Å². The summed E-state index contributed by atoms with van der Waals surface area (Å²) in [5.41, 5.74) is 5.13. The summed E-state index contributed by atoms with van der Waals surface area (Å²) in [6, 6.07) is 8.50. The number of hydrogen-bond acceptors (Lipinski definition) is 3. The lowest BCUT2D eigenvalue weighted by Gasteiger charge is -2.34. The second kappa shape index (κ2) is 10.0. The molecule has 1 aliphatic heterocycles. The van der Waals surface area contributed by atoms with E-state index < -0.39 is 21.4 Å². The van der Waals surface area contributed by atoms with E-state index in [1.807, 2.05) is 0 Å². The van der Waals surface area contributed by atoms with Crippen LogP contribution in [0.25, 0.3) is 0 Å². The van der Waals surface area contributed by atoms with E-state index in [0.717, 1.165) is 33.4 Å². The van der Waals surface area contributed by atoms with Crippen LogP contribution in [-0.2, 0) is 32.6 Å². The summed E-state index contributed by atoms with van der Waals surface area (Å²) < 4.78 is 57.7. The number of alkyl halides is 3. The van der Waals surface area contributed by atoms with E-state index in [2.05, 4.69) is 107 Å². The van der Waals surface area contributed by atoms with Crippen LogP contribution in [0.3, 0.4) is 0 Å². The van der Waals surface area contributed by atoms with Crippen LogP contribution in [0.4, 0.5) is 13.2 Å². The fourth-order valence-corrected chi connectivity index (χ4v) is 5.51. The predicted molar refractivity (Wildman–Crippen MR) is 151 cm³/mol. The van der Waals surface area contributed by atoms with Crippen LogP contribution in [0.2, 0.25) is 0 Å². The van der Waals surface area contributed by atoms with Gasteiger partial charge in [0.15, 0.2) is 6.61 Å². The molecule has 1 aliphatic rings. The Labute approximate surface area is 228 Å². The third-order valence-electron chi connectivity index (χ3n) is 6.73. The summed E-state index contributed by atoms with van der Waals surface area (Å²) in [6.07, 6.45) is -3.97. The second-order valence-electron chi connectivity index (χ2n) is 14.5. The van der Waals surface area contributed by atoms with Gasteiger partial charge in [0.2, 0.25) is 0 Å². The second-order valence-corrected chi connectivity index (χ2v) is 15.6. The molecule has 0 spiro atoms. The van der Waals surface area contributed by atoms with Crippen LogP contribution in [0.15, 0.2) is 24.3 Å². The van der Waals surface area contributed by atoms with Gasteiger partial charge in [-0.2, -0.15) is 13.2 Å². The summed E-state index contributed by atoms with van der Waals surface area (Å²) >= 11 is 0. The van der Waals surface area contributed by atoms with Crippen molar-refractivity contribution in [2.24, 2.45) is 0 Å². The number of rotatable bonds is 2. The van der Waals surface area contributed by atoms with E-state index in [9.17, 15) is 13.2 Å². The average molecular weight is 553 g/mol. The molecule has 3 rings (SSSR count). The maximum atomic E-state index is 13.3. The van der Waals surface area contributed by atoms with E-state index >= 15 is 0 Å². The van der Waals surface area contributed by atoms with Crippen LogP contribution >= 0.6 is 8.60 Å². The van der Waals surface area contributed by atoms with E-state index in [1.165, 1.54) is 0 Å². The number of halogens is 3. The SMILES string of the molecule is CC(C)(C)c1cc2c(c(C(C)(C)C)c1)OP(OCC(F)(F)F)Oc1c(cc(C(C)(C)C)cc1C(C)(C)C)C2. The topological polar surface area (TPSA) is 27.7 Å². The van der Waals surface area contributed by atoms with Gasteiger partial charge in [-0.05, 0) is 43.9 Å². The van der Waals surface area contributed by atoms with Crippen molar-refractivity contribution < 1.29 is 26.7 Å². The molecule has 0 aromatic heterocycles. The molecule has 0 fully saturated rings. The quantitative estimate of drug-likeness (QED) is 0.347. The lowest BCUT2D eigenvalue weighted by molar-refractivity contribution is -0.154. The summed E-state index contributed by atoms with van der Waals surface area (Å²) in [5.74, 6) is 1.12. The normalized spacial score (nSPS) is 15.7. The van der Waals surface area contributed by atoms with Gasteiger partial charge in [-0.3, -0.25) is 4.52 Å². The van der Waals surface area contributed by atoms with Gasteiger partial charge >= 0.3 is 14.8 Å². The maximum Gasteiger partial charge on any atom is 0.463 e. The Hall–Kier alpha value is -1.78. The minimum atomic E-state index is -4.50. The Morgan fingerprint density at radius 3 is 1.29 bits per heavy atom. The van der Waals surface area contributed by atoms with Crippen LogP contribution < -0.4 is 9.05 Å². The van der Waals surface area contributed by atoms with Gasteiger partial charge in [0.1, 0.15) is 11.5 Å². The van der Waals surface area contributed by atoms with Gasteiger partial charge in [-0.15, -0.1) is 0 Å². The summed E-state index contributed by atoms with van der Waals surface area (Å²) in [4.78, 5) is 0. The number of hydrogen-bond donors (Lipinski definition) is 0. The lowest BCUT2D eigenvalue weighted by Crippen LogP contribution is -2.23. The van der Waals surface area contributed by atoms with Gasteiger partial charge < -0.3 is 9.05 Å².